The van der Waals surface area contributed by atoms with Crippen molar-refractivity contribution in [1.29, 1.82) is 0 Å². The molecule has 0 aromatic carbocycles. The molecule has 7 heteroatoms. The Morgan fingerprint density at radius 2 is 1.95 bits per heavy atom. The fourth-order valence-electron chi connectivity index (χ4n) is 1.60. The van der Waals surface area contributed by atoms with Crippen LogP contribution in [0.3, 0.4) is 0 Å². The number of hydrogen-bond acceptors (Lipinski definition) is 2. The molecule has 0 aromatic rings. The largest absolute Gasteiger partial charge is 0.478 e. The molecule has 104 valence electrons. The third-order valence-electron chi connectivity index (χ3n) is 2.51. The van der Waals surface area contributed by atoms with E-state index in [1.54, 1.807) is 0 Å². The Balaban J connectivity index is 2.81. The first-order valence-electron chi connectivity index (χ1n) is 5.39. The molecule has 19 heavy (non-hydrogen) atoms. The van der Waals surface area contributed by atoms with Crippen LogP contribution < -0.4 is 5.32 Å². The summed E-state index contributed by atoms with van der Waals surface area (Å²) in [4.78, 5) is 21.4. The van der Waals surface area contributed by atoms with E-state index in [4.69, 9.17) is 5.11 Å². The number of carboxylic acid groups (broad SMARTS) is 1. The Bertz CT molecular complexity index is 487. The number of alkyl halides is 3. The smallest absolute Gasteiger partial charge is 0.416 e. The molecule has 1 amide bonds. The van der Waals surface area contributed by atoms with Gasteiger partial charge in [0.15, 0.2) is 0 Å². The van der Waals surface area contributed by atoms with Gasteiger partial charge >= 0.3 is 12.1 Å². The van der Waals surface area contributed by atoms with Gasteiger partial charge < -0.3 is 10.4 Å². The molecule has 0 heterocycles. The average Bonchev–Trinajstić information content (AvgIpc) is 2.27. The molecule has 4 nitrogen and oxygen atoms in total. The Morgan fingerprint density at radius 3 is 2.47 bits per heavy atom. The molecule has 0 fully saturated rings. The summed E-state index contributed by atoms with van der Waals surface area (Å²) in [5.41, 5.74) is -0.430. The molecular formula is C12H12F3NO3. The maximum absolute atomic E-state index is 12.6. The highest BCUT2D eigenvalue weighted by Gasteiger charge is 2.35. The predicted octanol–water partition coefficient (Wildman–Crippen LogP) is 2.30. The number of rotatable bonds is 3. The third-order valence-corrected chi connectivity index (χ3v) is 2.51. The Morgan fingerprint density at radius 1 is 1.32 bits per heavy atom. The lowest BCUT2D eigenvalue weighted by Gasteiger charge is -2.20. The van der Waals surface area contributed by atoms with Crippen molar-refractivity contribution in [3.8, 4) is 0 Å². The van der Waals surface area contributed by atoms with Gasteiger partial charge in [0.05, 0.1) is 5.57 Å². The SMILES string of the molecule is CC1=C(C(F)(F)F)C=C(NC(=O)/C=C\C(=O)O)CC1. The maximum Gasteiger partial charge on any atom is 0.416 e. The van der Waals surface area contributed by atoms with Gasteiger partial charge in [-0.3, -0.25) is 4.79 Å². The standard InChI is InChI=1S/C12H12F3NO3/c1-7-2-3-8(6-9(7)12(13,14)15)16-10(17)4-5-11(18)19/h4-6H,2-3H2,1H3,(H,16,17)(H,18,19)/b5-4-. The lowest BCUT2D eigenvalue weighted by molar-refractivity contribution is -0.131. The average molecular weight is 275 g/mol. The number of amides is 1. The van der Waals surface area contributed by atoms with Gasteiger partial charge in [-0.25, -0.2) is 4.79 Å². The van der Waals surface area contributed by atoms with Crippen molar-refractivity contribution in [3.05, 3.63) is 35.1 Å². The molecule has 0 spiro atoms. The van der Waals surface area contributed by atoms with Crippen LogP contribution in [-0.4, -0.2) is 23.2 Å². The first-order valence-corrected chi connectivity index (χ1v) is 5.39. The maximum atomic E-state index is 12.6. The van der Waals surface area contributed by atoms with E-state index in [0.29, 0.717) is 6.08 Å². The molecule has 0 saturated carbocycles. The minimum Gasteiger partial charge on any atom is -0.478 e. The molecule has 0 aromatic heterocycles. The Hall–Kier alpha value is -2.05. The van der Waals surface area contributed by atoms with Gasteiger partial charge in [-0.15, -0.1) is 0 Å². The van der Waals surface area contributed by atoms with Crippen LogP contribution in [0.15, 0.2) is 35.1 Å². The summed E-state index contributed by atoms with van der Waals surface area (Å²) in [6.45, 7) is 1.39. The van der Waals surface area contributed by atoms with Crippen LogP contribution in [0.2, 0.25) is 0 Å². The molecule has 1 rings (SSSR count). The Labute approximate surface area is 107 Å². The Kier molecular flexibility index (Phi) is 4.52. The van der Waals surface area contributed by atoms with Gasteiger partial charge in [-0.1, -0.05) is 5.57 Å². The first-order chi connectivity index (χ1) is 8.70. The predicted molar refractivity (Wildman–Crippen MR) is 61.0 cm³/mol. The topological polar surface area (TPSA) is 66.4 Å². The molecule has 0 aliphatic heterocycles. The number of nitrogens with one attached hydrogen (secondary N) is 1. The van der Waals surface area contributed by atoms with E-state index in [9.17, 15) is 22.8 Å². The summed E-state index contributed by atoms with van der Waals surface area (Å²) in [5, 5.41) is 10.5. The molecule has 0 bridgehead atoms. The zero-order chi connectivity index (χ0) is 14.6. The molecule has 1 aliphatic carbocycles. The number of halogens is 3. The van der Waals surface area contributed by atoms with Crippen LogP contribution in [0, 0.1) is 0 Å². The molecular weight excluding hydrogens is 263 g/mol. The van der Waals surface area contributed by atoms with E-state index in [-0.39, 0.29) is 24.1 Å². The highest BCUT2D eigenvalue weighted by atomic mass is 19.4. The van der Waals surface area contributed by atoms with Crippen molar-refractivity contribution >= 4 is 11.9 Å². The van der Waals surface area contributed by atoms with Crippen molar-refractivity contribution in [3.63, 3.8) is 0 Å². The van der Waals surface area contributed by atoms with E-state index < -0.39 is 23.6 Å². The van der Waals surface area contributed by atoms with Crippen molar-refractivity contribution in [2.45, 2.75) is 25.9 Å². The lowest BCUT2D eigenvalue weighted by atomic mass is 9.96. The normalized spacial score (nSPS) is 16.5. The summed E-state index contributed by atoms with van der Waals surface area (Å²) < 4.78 is 37.9. The quantitative estimate of drug-likeness (QED) is 0.777. The van der Waals surface area contributed by atoms with Crippen molar-refractivity contribution in [1.82, 2.24) is 5.32 Å². The van der Waals surface area contributed by atoms with Crippen LogP contribution in [0.25, 0.3) is 0 Å². The van der Waals surface area contributed by atoms with Crippen LogP contribution in [-0.2, 0) is 9.59 Å². The second-order valence-electron chi connectivity index (χ2n) is 4.02. The highest BCUT2D eigenvalue weighted by Crippen LogP contribution is 2.34. The zero-order valence-electron chi connectivity index (χ0n) is 10.0. The van der Waals surface area contributed by atoms with Gasteiger partial charge in [0, 0.05) is 17.8 Å². The number of carbonyl (C=O) groups excluding carboxylic acids is 1. The number of aliphatic carboxylic acids is 1. The van der Waals surface area contributed by atoms with Crippen LogP contribution in [0.4, 0.5) is 13.2 Å². The van der Waals surface area contributed by atoms with E-state index in [0.717, 1.165) is 12.2 Å². The molecule has 0 unspecified atom stereocenters. The summed E-state index contributed by atoms with van der Waals surface area (Å²) in [5.74, 6) is -2.07. The highest BCUT2D eigenvalue weighted by molar-refractivity contribution is 5.94. The lowest BCUT2D eigenvalue weighted by Crippen LogP contribution is -2.24. The number of carboxylic acids is 1. The van der Waals surface area contributed by atoms with Crippen molar-refractivity contribution < 1.29 is 27.9 Å². The number of allylic oxidation sites excluding steroid dienone is 4. The second-order valence-corrected chi connectivity index (χ2v) is 4.02. The molecule has 2 N–H and O–H groups in total. The second kappa shape index (κ2) is 5.73. The van der Waals surface area contributed by atoms with Gasteiger partial charge in [0.1, 0.15) is 0 Å². The van der Waals surface area contributed by atoms with E-state index in [1.165, 1.54) is 6.92 Å². The molecule has 0 atom stereocenters. The summed E-state index contributed by atoms with van der Waals surface area (Å²) in [6, 6.07) is 0. The first kappa shape index (κ1) is 15.0. The fourth-order valence-corrected chi connectivity index (χ4v) is 1.60. The molecule has 0 radical (unpaired) electrons. The summed E-state index contributed by atoms with van der Waals surface area (Å²) >= 11 is 0. The van der Waals surface area contributed by atoms with Crippen LogP contribution in [0.1, 0.15) is 19.8 Å². The van der Waals surface area contributed by atoms with Crippen LogP contribution >= 0.6 is 0 Å². The van der Waals surface area contributed by atoms with Gasteiger partial charge in [0.25, 0.3) is 0 Å². The van der Waals surface area contributed by atoms with Gasteiger partial charge in [-0.05, 0) is 25.8 Å². The summed E-state index contributed by atoms with van der Waals surface area (Å²) in [6.07, 6.45) is -1.74. The van der Waals surface area contributed by atoms with E-state index in [1.807, 2.05) is 0 Å². The van der Waals surface area contributed by atoms with Crippen LogP contribution in [0.5, 0.6) is 0 Å². The minimum absolute atomic E-state index is 0.123. The monoisotopic (exact) mass is 275 g/mol. The van der Waals surface area contributed by atoms with E-state index in [2.05, 4.69) is 5.32 Å². The fraction of sp³-hybridized carbons (Fsp3) is 0.333. The molecule has 0 saturated heterocycles. The molecule has 1 aliphatic rings. The van der Waals surface area contributed by atoms with E-state index >= 15 is 0 Å². The van der Waals surface area contributed by atoms with Crippen molar-refractivity contribution in [2.24, 2.45) is 0 Å². The zero-order valence-corrected chi connectivity index (χ0v) is 10.0. The minimum atomic E-state index is -4.46. The number of carbonyl (C=O) groups is 2. The van der Waals surface area contributed by atoms with Crippen molar-refractivity contribution in [2.75, 3.05) is 0 Å². The summed E-state index contributed by atoms with van der Waals surface area (Å²) in [7, 11) is 0. The number of hydrogen-bond donors (Lipinski definition) is 2. The van der Waals surface area contributed by atoms with Gasteiger partial charge in [-0.2, -0.15) is 13.2 Å². The van der Waals surface area contributed by atoms with Gasteiger partial charge in [0.2, 0.25) is 5.91 Å². The third kappa shape index (κ3) is 4.61.